The molecule has 0 amide bonds. The lowest BCUT2D eigenvalue weighted by Gasteiger charge is -2.38. The average Bonchev–Trinajstić information content (AvgIpc) is 3.19. The predicted molar refractivity (Wildman–Crippen MR) is 107 cm³/mol. The molecule has 172 valence electrons. The summed E-state index contributed by atoms with van der Waals surface area (Å²) in [5.74, 6) is -0.483. The SMILES string of the molecule is CC1(S(=O)(=O)c2cccc(C(F)(F)F)c2)CCOC(C2=CC(S(=O)(=O)CCO)=NC2)C1. The van der Waals surface area contributed by atoms with Crippen molar-refractivity contribution >= 4 is 24.7 Å². The molecule has 0 radical (unpaired) electrons. The van der Waals surface area contributed by atoms with E-state index in [2.05, 4.69) is 4.99 Å². The van der Waals surface area contributed by atoms with Crippen molar-refractivity contribution in [3.63, 3.8) is 0 Å². The van der Waals surface area contributed by atoms with Gasteiger partial charge in [-0.25, -0.2) is 16.8 Å². The van der Waals surface area contributed by atoms with Crippen molar-refractivity contribution in [3.8, 4) is 0 Å². The molecule has 1 fully saturated rings. The fourth-order valence-electron chi connectivity index (χ4n) is 3.60. The Morgan fingerprint density at radius 2 is 1.97 bits per heavy atom. The Bertz CT molecular complexity index is 1130. The molecule has 0 spiro atoms. The average molecular weight is 482 g/mol. The van der Waals surface area contributed by atoms with Gasteiger partial charge < -0.3 is 9.84 Å². The number of aliphatic hydroxyl groups is 1. The summed E-state index contributed by atoms with van der Waals surface area (Å²) < 4.78 is 94.1. The normalized spacial score (nSPS) is 25.3. The van der Waals surface area contributed by atoms with Gasteiger partial charge in [0.25, 0.3) is 0 Å². The third-order valence-corrected chi connectivity index (χ3v) is 9.65. The van der Waals surface area contributed by atoms with E-state index in [4.69, 9.17) is 9.84 Å². The Morgan fingerprint density at radius 3 is 2.61 bits per heavy atom. The van der Waals surface area contributed by atoms with Crippen LogP contribution in [0.15, 0.2) is 45.8 Å². The van der Waals surface area contributed by atoms with Gasteiger partial charge in [-0.2, -0.15) is 13.2 Å². The molecule has 2 heterocycles. The summed E-state index contributed by atoms with van der Waals surface area (Å²) in [6.45, 7) is 0.940. The summed E-state index contributed by atoms with van der Waals surface area (Å²) in [7, 11) is -7.91. The zero-order chi connectivity index (χ0) is 23.1. The highest BCUT2D eigenvalue weighted by atomic mass is 32.2. The van der Waals surface area contributed by atoms with Crippen LogP contribution in [0.1, 0.15) is 25.3 Å². The lowest BCUT2D eigenvalue weighted by Crippen LogP contribution is -2.45. The number of nitrogens with zero attached hydrogens (tertiary/aromatic N) is 1. The zero-order valence-corrected chi connectivity index (χ0v) is 18.2. The summed E-state index contributed by atoms with van der Waals surface area (Å²) in [5, 5.41) is 8.70. The van der Waals surface area contributed by atoms with E-state index in [1.807, 2.05) is 0 Å². The molecule has 7 nitrogen and oxygen atoms in total. The van der Waals surface area contributed by atoms with Crippen molar-refractivity contribution in [2.45, 2.75) is 41.7 Å². The standard InChI is InChI=1S/C19H22F3NO6S2/c1-18(31(27,28)15-4-2-3-14(10-15)19(20,21)22)5-7-29-16(11-18)13-9-17(23-12-13)30(25,26)8-6-24/h2-4,9-10,16,24H,5-8,11-12H2,1H3. The van der Waals surface area contributed by atoms with E-state index in [1.54, 1.807) is 0 Å². The molecular formula is C19H22F3NO6S2. The van der Waals surface area contributed by atoms with Crippen LogP contribution < -0.4 is 0 Å². The molecule has 2 atom stereocenters. The van der Waals surface area contributed by atoms with E-state index < -0.39 is 59.5 Å². The van der Waals surface area contributed by atoms with Gasteiger partial charge in [0, 0.05) is 6.61 Å². The number of hydrogen-bond acceptors (Lipinski definition) is 7. The van der Waals surface area contributed by atoms with Gasteiger partial charge >= 0.3 is 6.18 Å². The number of rotatable bonds is 5. The third-order valence-electron chi connectivity index (χ3n) is 5.51. The van der Waals surface area contributed by atoms with Crippen LogP contribution in [0.2, 0.25) is 0 Å². The van der Waals surface area contributed by atoms with E-state index in [-0.39, 0.29) is 31.0 Å². The molecule has 0 aliphatic carbocycles. The highest BCUT2D eigenvalue weighted by Gasteiger charge is 2.46. The number of benzene rings is 1. The van der Waals surface area contributed by atoms with Crippen molar-refractivity contribution in [3.05, 3.63) is 41.5 Å². The lowest BCUT2D eigenvalue weighted by molar-refractivity contribution is -0.137. The fourth-order valence-corrected chi connectivity index (χ4v) is 6.48. The Kier molecular flexibility index (Phi) is 6.40. The third kappa shape index (κ3) is 4.71. The van der Waals surface area contributed by atoms with Gasteiger partial charge in [-0.1, -0.05) is 6.07 Å². The smallest absolute Gasteiger partial charge is 0.395 e. The zero-order valence-electron chi connectivity index (χ0n) is 16.6. The van der Waals surface area contributed by atoms with Gasteiger partial charge in [0.05, 0.1) is 40.2 Å². The molecular weight excluding hydrogens is 459 g/mol. The van der Waals surface area contributed by atoms with Crippen LogP contribution in [0.3, 0.4) is 0 Å². The molecule has 1 saturated heterocycles. The summed E-state index contributed by atoms with van der Waals surface area (Å²) in [6, 6.07) is 3.63. The second kappa shape index (κ2) is 8.30. The number of ether oxygens (including phenoxy) is 1. The first-order valence-electron chi connectivity index (χ1n) is 9.42. The van der Waals surface area contributed by atoms with Crippen LogP contribution in [-0.4, -0.2) is 63.3 Å². The molecule has 0 saturated carbocycles. The van der Waals surface area contributed by atoms with E-state index in [0.29, 0.717) is 11.6 Å². The first kappa shape index (κ1) is 23.9. The van der Waals surface area contributed by atoms with Crippen molar-refractivity contribution in [1.82, 2.24) is 0 Å². The number of sulfone groups is 2. The summed E-state index contributed by atoms with van der Waals surface area (Å²) >= 11 is 0. The van der Waals surface area contributed by atoms with E-state index >= 15 is 0 Å². The number of alkyl halides is 3. The van der Waals surface area contributed by atoms with Crippen LogP contribution in [0, 0.1) is 0 Å². The van der Waals surface area contributed by atoms with Crippen molar-refractivity contribution in [1.29, 1.82) is 0 Å². The van der Waals surface area contributed by atoms with Crippen LogP contribution in [0.5, 0.6) is 0 Å². The van der Waals surface area contributed by atoms with Gasteiger partial charge in [-0.05, 0) is 49.6 Å². The Balaban J connectivity index is 1.87. The van der Waals surface area contributed by atoms with Gasteiger partial charge in [0.2, 0.25) is 0 Å². The molecule has 31 heavy (non-hydrogen) atoms. The summed E-state index contributed by atoms with van der Waals surface area (Å²) in [6.07, 6.45) is -4.08. The topological polar surface area (TPSA) is 110 Å². The molecule has 1 aromatic rings. The molecule has 2 unspecified atom stereocenters. The van der Waals surface area contributed by atoms with Gasteiger partial charge in [-0.15, -0.1) is 0 Å². The molecule has 3 rings (SSSR count). The Labute approximate surface area is 178 Å². The molecule has 1 N–H and O–H groups in total. The largest absolute Gasteiger partial charge is 0.416 e. The number of aliphatic imine (C=N–C) groups is 1. The number of aliphatic hydroxyl groups excluding tert-OH is 1. The van der Waals surface area contributed by atoms with Crippen molar-refractivity contribution < 1.29 is 39.9 Å². The highest BCUT2D eigenvalue weighted by Crippen LogP contribution is 2.40. The number of hydrogen-bond donors (Lipinski definition) is 1. The molecule has 12 heteroatoms. The van der Waals surface area contributed by atoms with Gasteiger partial charge in [0.1, 0.15) is 0 Å². The monoisotopic (exact) mass is 481 g/mol. The summed E-state index contributed by atoms with van der Waals surface area (Å²) in [4.78, 5) is 3.54. The Hall–Kier alpha value is -1.76. The van der Waals surface area contributed by atoms with E-state index in [1.165, 1.54) is 13.0 Å². The maximum atomic E-state index is 13.3. The first-order valence-corrected chi connectivity index (χ1v) is 12.6. The molecule has 2 aliphatic heterocycles. The van der Waals surface area contributed by atoms with E-state index in [9.17, 15) is 30.0 Å². The fraction of sp³-hybridized carbons (Fsp3) is 0.526. The quantitative estimate of drug-likeness (QED) is 0.690. The van der Waals surface area contributed by atoms with E-state index in [0.717, 1.165) is 18.2 Å². The highest BCUT2D eigenvalue weighted by molar-refractivity contribution is 8.06. The minimum Gasteiger partial charge on any atom is -0.395 e. The van der Waals surface area contributed by atoms with Crippen LogP contribution in [0.4, 0.5) is 13.2 Å². The predicted octanol–water partition coefficient (Wildman–Crippen LogP) is 2.16. The maximum Gasteiger partial charge on any atom is 0.416 e. The molecule has 2 aliphatic rings. The Morgan fingerprint density at radius 1 is 1.26 bits per heavy atom. The first-order chi connectivity index (χ1) is 14.3. The second-order valence-electron chi connectivity index (χ2n) is 7.71. The van der Waals surface area contributed by atoms with Gasteiger partial charge in [-0.3, -0.25) is 4.99 Å². The van der Waals surface area contributed by atoms with Crippen LogP contribution in [-0.2, 0) is 30.6 Å². The minimum atomic E-state index is -4.67. The van der Waals surface area contributed by atoms with Gasteiger partial charge in [0.15, 0.2) is 24.7 Å². The van der Waals surface area contributed by atoms with Crippen LogP contribution >= 0.6 is 0 Å². The lowest BCUT2D eigenvalue weighted by atomic mass is 9.92. The minimum absolute atomic E-state index is 0.00431. The van der Waals surface area contributed by atoms with Crippen LogP contribution in [0.25, 0.3) is 0 Å². The summed E-state index contributed by atoms with van der Waals surface area (Å²) in [5.41, 5.74) is -0.576. The molecule has 0 bridgehead atoms. The maximum absolute atomic E-state index is 13.3. The number of halogens is 3. The van der Waals surface area contributed by atoms with Crippen molar-refractivity contribution in [2.24, 2.45) is 4.99 Å². The van der Waals surface area contributed by atoms with Crippen molar-refractivity contribution in [2.75, 3.05) is 25.5 Å². The second-order valence-corrected chi connectivity index (χ2v) is 12.2. The molecule has 0 aromatic heterocycles. The molecule has 1 aromatic carbocycles.